The summed E-state index contributed by atoms with van der Waals surface area (Å²) in [7, 11) is 0. The highest BCUT2D eigenvalue weighted by atomic mass is 19.1. The minimum absolute atomic E-state index is 0.0395. The molecule has 0 aliphatic heterocycles. The van der Waals surface area contributed by atoms with Crippen molar-refractivity contribution in [1.82, 2.24) is 14.7 Å². The van der Waals surface area contributed by atoms with E-state index in [0.29, 0.717) is 12.8 Å². The summed E-state index contributed by atoms with van der Waals surface area (Å²) < 4.78 is 15.4. The zero-order valence-corrected chi connectivity index (χ0v) is 17.2. The molecule has 1 aliphatic carbocycles. The molecule has 0 unspecified atom stereocenters. The van der Waals surface area contributed by atoms with Crippen molar-refractivity contribution < 1.29 is 9.18 Å². The molecule has 156 valence electrons. The molecule has 2 aromatic heterocycles. The molecule has 1 amide bonds. The van der Waals surface area contributed by atoms with E-state index in [0.717, 1.165) is 41.9 Å². The molecule has 0 saturated carbocycles. The number of aryl methyl sites for hydroxylation is 2. The number of hydrogen-bond acceptors (Lipinski definition) is 2. The summed E-state index contributed by atoms with van der Waals surface area (Å²) in [4.78, 5) is 17.6. The van der Waals surface area contributed by atoms with Crippen LogP contribution in [0.15, 0.2) is 72.9 Å². The van der Waals surface area contributed by atoms with E-state index < -0.39 is 0 Å². The molecule has 1 atom stereocenters. The molecule has 0 radical (unpaired) electrons. The highest BCUT2D eigenvalue weighted by Crippen LogP contribution is 2.30. The highest BCUT2D eigenvalue weighted by molar-refractivity contribution is 5.77. The number of rotatable bonds is 5. The monoisotopic (exact) mass is 413 g/mol. The number of nitrogens with zero attached hydrogens (tertiary/aromatic N) is 2. The van der Waals surface area contributed by atoms with Crippen LogP contribution in [0.2, 0.25) is 0 Å². The van der Waals surface area contributed by atoms with Crippen molar-refractivity contribution in [3.05, 3.63) is 95.6 Å². The van der Waals surface area contributed by atoms with Crippen LogP contribution < -0.4 is 5.32 Å². The molecule has 0 bridgehead atoms. The predicted molar refractivity (Wildman–Crippen MR) is 119 cm³/mol. The van der Waals surface area contributed by atoms with Crippen LogP contribution in [0.3, 0.4) is 0 Å². The molecule has 5 heteroatoms. The lowest BCUT2D eigenvalue weighted by Crippen LogP contribution is -2.31. The Balaban J connectivity index is 1.37. The first-order valence-corrected chi connectivity index (χ1v) is 10.8. The Labute approximate surface area is 180 Å². The molecule has 1 aliphatic rings. The second-order valence-electron chi connectivity index (χ2n) is 8.05. The van der Waals surface area contributed by atoms with E-state index >= 15 is 0 Å². The molecular weight excluding hydrogens is 389 g/mol. The van der Waals surface area contributed by atoms with Crippen LogP contribution in [-0.4, -0.2) is 15.3 Å². The normalized spacial score (nSPS) is 15.6. The van der Waals surface area contributed by atoms with Crippen molar-refractivity contribution in [2.24, 2.45) is 0 Å². The predicted octanol–water partition coefficient (Wildman–Crippen LogP) is 5.27. The third-order valence-electron chi connectivity index (χ3n) is 6.04. The third kappa shape index (κ3) is 3.96. The number of hydrogen-bond donors (Lipinski definition) is 1. The van der Waals surface area contributed by atoms with Gasteiger partial charge in [0.1, 0.15) is 11.5 Å². The van der Waals surface area contributed by atoms with E-state index in [1.165, 1.54) is 23.3 Å². The lowest BCUT2D eigenvalue weighted by Gasteiger charge is -2.26. The molecule has 1 N–H and O–H groups in total. The average molecular weight is 413 g/mol. The first-order chi connectivity index (χ1) is 15.2. The van der Waals surface area contributed by atoms with Crippen LogP contribution in [0.1, 0.15) is 42.1 Å². The van der Waals surface area contributed by atoms with Gasteiger partial charge < -0.3 is 9.72 Å². The zero-order chi connectivity index (χ0) is 21.2. The number of pyridine rings is 1. The minimum Gasteiger partial charge on any atom is -0.349 e. The lowest BCUT2D eigenvalue weighted by molar-refractivity contribution is -0.121. The van der Waals surface area contributed by atoms with Gasteiger partial charge in [0.25, 0.3) is 0 Å². The first-order valence-electron chi connectivity index (χ1n) is 10.8. The maximum absolute atomic E-state index is 13.4. The quantitative estimate of drug-likeness (QED) is 0.485. The number of imidazole rings is 1. The number of amides is 1. The smallest absolute Gasteiger partial charge is 0.220 e. The van der Waals surface area contributed by atoms with Crippen LogP contribution in [0, 0.1) is 5.82 Å². The van der Waals surface area contributed by atoms with Gasteiger partial charge in [0.15, 0.2) is 0 Å². The fraction of sp³-hybridized carbons (Fsp3) is 0.231. The molecule has 2 aromatic carbocycles. The lowest BCUT2D eigenvalue weighted by atomic mass is 9.87. The van der Waals surface area contributed by atoms with Gasteiger partial charge in [0.05, 0.1) is 17.4 Å². The van der Waals surface area contributed by atoms with E-state index in [1.54, 1.807) is 12.1 Å². The van der Waals surface area contributed by atoms with Gasteiger partial charge in [-0.05, 0) is 73.2 Å². The summed E-state index contributed by atoms with van der Waals surface area (Å²) >= 11 is 0. The van der Waals surface area contributed by atoms with Crippen molar-refractivity contribution in [2.75, 3.05) is 0 Å². The fourth-order valence-electron chi connectivity index (χ4n) is 4.53. The molecular formula is C26H24FN3O. The maximum atomic E-state index is 13.4. The molecule has 0 saturated heterocycles. The second kappa shape index (κ2) is 8.34. The van der Waals surface area contributed by atoms with Crippen LogP contribution in [0.25, 0.3) is 16.9 Å². The molecule has 2 heterocycles. The van der Waals surface area contributed by atoms with Crippen molar-refractivity contribution in [3.8, 4) is 11.3 Å². The van der Waals surface area contributed by atoms with E-state index in [1.807, 2.05) is 34.9 Å². The summed E-state index contributed by atoms with van der Waals surface area (Å²) in [6.45, 7) is 0. The molecule has 5 rings (SSSR count). The Bertz CT molecular complexity index is 1230. The zero-order valence-electron chi connectivity index (χ0n) is 17.2. The Morgan fingerprint density at radius 3 is 2.74 bits per heavy atom. The molecule has 0 fully saturated rings. The number of carbonyl (C=O) groups is 1. The number of aromatic nitrogens is 2. The highest BCUT2D eigenvalue weighted by Gasteiger charge is 2.22. The summed E-state index contributed by atoms with van der Waals surface area (Å²) in [5, 5.41) is 3.23. The number of fused-ring (bicyclic) bond motifs is 2. The number of nitrogens with one attached hydrogen (secondary N) is 1. The summed E-state index contributed by atoms with van der Waals surface area (Å²) in [5.74, 6) is -0.237. The van der Waals surface area contributed by atoms with Crippen molar-refractivity contribution >= 4 is 11.6 Å². The Morgan fingerprint density at radius 2 is 1.87 bits per heavy atom. The summed E-state index contributed by atoms with van der Waals surface area (Å²) in [5.41, 5.74) is 5.99. The van der Waals surface area contributed by atoms with E-state index in [9.17, 15) is 9.18 Å². The Morgan fingerprint density at radius 1 is 1.06 bits per heavy atom. The van der Waals surface area contributed by atoms with Gasteiger partial charge in [-0.25, -0.2) is 9.37 Å². The van der Waals surface area contributed by atoms with Gasteiger partial charge in [-0.1, -0.05) is 30.3 Å². The van der Waals surface area contributed by atoms with Gasteiger partial charge in [-0.3, -0.25) is 4.79 Å². The molecule has 31 heavy (non-hydrogen) atoms. The summed E-state index contributed by atoms with van der Waals surface area (Å²) in [6.07, 6.45) is 6.02. The molecule has 0 spiro atoms. The van der Waals surface area contributed by atoms with Gasteiger partial charge >= 0.3 is 0 Å². The van der Waals surface area contributed by atoms with Gasteiger partial charge in [0.2, 0.25) is 5.91 Å². The number of benzene rings is 2. The van der Waals surface area contributed by atoms with Crippen LogP contribution in [0.4, 0.5) is 4.39 Å². The van der Waals surface area contributed by atoms with Gasteiger partial charge in [-0.2, -0.15) is 0 Å². The topological polar surface area (TPSA) is 46.4 Å². The number of carbonyl (C=O) groups excluding carboxylic acids is 1. The maximum Gasteiger partial charge on any atom is 0.220 e. The Kier molecular flexibility index (Phi) is 5.24. The van der Waals surface area contributed by atoms with E-state index in [-0.39, 0.29) is 17.8 Å². The second-order valence-corrected chi connectivity index (χ2v) is 8.05. The Hall–Kier alpha value is -3.47. The van der Waals surface area contributed by atoms with Gasteiger partial charge in [0, 0.05) is 18.2 Å². The van der Waals surface area contributed by atoms with Crippen molar-refractivity contribution in [3.63, 3.8) is 0 Å². The van der Waals surface area contributed by atoms with Crippen molar-refractivity contribution in [2.45, 2.75) is 38.1 Å². The van der Waals surface area contributed by atoms with Crippen LogP contribution >= 0.6 is 0 Å². The van der Waals surface area contributed by atoms with Crippen molar-refractivity contribution in [1.29, 1.82) is 0 Å². The molecule has 4 aromatic rings. The van der Waals surface area contributed by atoms with E-state index in [2.05, 4.69) is 23.5 Å². The average Bonchev–Trinajstić information content (AvgIpc) is 3.17. The standard InChI is InChI=1S/C26H24FN3O/c27-20-13-11-19(12-14-20)26-23(30-17-4-3-10-24(30)29-26)15-16-25(31)28-22-9-5-7-18-6-1-2-8-21(18)22/h1-4,6,8,10-14,17,22H,5,7,9,15-16H2,(H,28,31)/t22-/m1/s1. The third-order valence-corrected chi connectivity index (χ3v) is 6.04. The number of halogens is 1. The van der Waals surface area contributed by atoms with Crippen LogP contribution in [0.5, 0.6) is 0 Å². The first kappa shape index (κ1) is 19.5. The minimum atomic E-state index is -0.277. The largest absolute Gasteiger partial charge is 0.349 e. The van der Waals surface area contributed by atoms with Crippen LogP contribution in [-0.2, 0) is 17.6 Å². The summed E-state index contributed by atoms with van der Waals surface area (Å²) in [6, 6.07) is 20.6. The molecule has 4 nitrogen and oxygen atoms in total. The van der Waals surface area contributed by atoms with Gasteiger partial charge in [-0.15, -0.1) is 0 Å². The fourth-order valence-corrected chi connectivity index (χ4v) is 4.53. The van der Waals surface area contributed by atoms with E-state index in [4.69, 9.17) is 4.98 Å². The SMILES string of the molecule is O=C(CCc1c(-c2ccc(F)cc2)nc2ccccn12)N[C@@H]1CCCc2ccccc21.